The molecule has 7 heteroatoms. The Kier molecular flexibility index (Phi) is 4.37. The summed E-state index contributed by atoms with van der Waals surface area (Å²) < 4.78 is 11.3. The van der Waals surface area contributed by atoms with Gasteiger partial charge in [-0.15, -0.1) is 0 Å². The lowest BCUT2D eigenvalue weighted by Crippen LogP contribution is -2.17. The number of carbonyl (C=O) groups is 2. The van der Waals surface area contributed by atoms with Gasteiger partial charge in [-0.3, -0.25) is 4.79 Å². The summed E-state index contributed by atoms with van der Waals surface area (Å²) >= 11 is 2.06. The summed E-state index contributed by atoms with van der Waals surface area (Å²) in [6, 6.07) is 10.0. The van der Waals surface area contributed by atoms with Crippen LogP contribution in [0.3, 0.4) is 0 Å². The summed E-state index contributed by atoms with van der Waals surface area (Å²) in [4.78, 5) is 23.4. The molecule has 1 amide bonds. The zero-order chi connectivity index (χ0) is 16.4. The van der Waals surface area contributed by atoms with E-state index < -0.39 is 5.97 Å². The fourth-order valence-electron chi connectivity index (χ4n) is 2.24. The standard InChI is InChI=1S/C16H12INO5/c17-10-2-3-11(16(20)21)12(7-10)18-15(19)6-9-1-4-13-14(5-9)23-8-22-13/h1-5,7H,6,8H2,(H,18,19)(H,20,21). The van der Waals surface area contributed by atoms with Crippen LogP contribution in [0.2, 0.25) is 0 Å². The summed E-state index contributed by atoms with van der Waals surface area (Å²) in [7, 11) is 0. The van der Waals surface area contributed by atoms with Gasteiger partial charge in [0.05, 0.1) is 17.7 Å². The van der Waals surface area contributed by atoms with Gasteiger partial charge in [-0.2, -0.15) is 0 Å². The van der Waals surface area contributed by atoms with Crippen LogP contribution in [0, 0.1) is 3.57 Å². The first-order valence-electron chi connectivity index (χ1n) is 6.74. The fourth-order valence-corrected chi connectivity index (χ4v) is 2.73. The fraction of sp³-hybridized carbons (Fsp3) is 0.125. The number of carbonyl (C=O) groups excluding carboxylic acids is 1. The third-order valence-corrected chi connectivity index (χ3v) is 3.96. The third-order valence-electron chi connectivity index (χ3n) is 3.29. The largest absolute Gasteiger partial charge is 0.478 e. The van der Waals surface area contributed by atoms with Gasteiger partial charge in [0.15, 0.2) is 11.5 Å². The molecule has 0 bridgehead atoms. The molecule has 118 valence electrons. The predicted molar refractivity (Wildman–Crippen MR) is 91.0 cm³/mol. The van der Waals surface area contributed by atoms with Crippen LogP contribution in [0.5, 0.6) is 11.5 Å². The highest BCUT2D eigenvalue weighted by atomic mass is 127. The number of aromatic carboxylic acids is 1. The highest BCUT2D eigenvalue weighted by molar-refractivity contribution is 14.1. The summed E-state index contributed by atoms with van der Waals surface area (Å²) in [5.41, 5.74) is 1.11. The molecule has 0 fully saturated rings. The minimum Gasteiger partial charge on any atom is -0.478 e. The summed E-state index contributed by atoms with van der Waals surface area (Å²) in [5.74, 6) is -0.121. The average molecular weight is 425 g/mol. The van der Waals surface area contributed by atoms with E-state index in [4.69, 9.17) is 9.47 Å². The zero-order valence-electron chi connectivity index (χ0n) is 11.8. The monoisotopic (exact) mass is 425 g/mol. The van der Waals surface area contributed by atoms with Crippen molar-refractivity contribution in [2.24, 2.45) is 0 Å². The summed E-state index contributed by atoms with van der Waals surface area (Å²) in [6.07, 6.45) is 0.112. The molecule has 1 aliphatic rings. The molecule has 0 spiro atoms. The van der Waals surface area contributed by atoms with Crippen molar-refractivity contribution in [2.75, 3.05) is 12.1 Å². The molecule has 1 heterocycles. The van der Waals surface area contributed by atoms with Gasteiger partial charge < -0.3 is 19.9 Å². The Labute approximate surface area is 145 Å². The van der Waals surface area contributed by atoms with Crippen molar-refractivity contribution in [3.63, 3.8) is 0 Å². The van der Waals surface area contributed by atoms with E-state index in [2.05, 4.69) is 27.9 Å². The van der Waals surface area contributed by atoms with Crippen LogP contribution in [0.15, 0.2) is 36.4 Å². The molecule has 0 aliphatic carbocycles. The molecule has 2 aromatic rings. The van der Waals surface area contributed by atoms with Gasteiger partial charge in [-0.05, 0) is 58.5 Å². The average Bonchev–Trinajstić information content (AvgIpc) is 2.94. The SMILES string of the molecule is O=C(Cc1ccc2c(c1)OCO2)Nc1cc(I)ccc1C(=O)O. The number of benzene rings is 2. The van der Waals surface area contributed by atoms with Crippen LogP contribution in [-0.4, -0.2) is 23.8 Å². The first-order chi connectivity index (χ1) is 11.0. The number of fused-ring (bicyclic) bond motifs is 1. The molecule has 1 aliphatic heterocycles. The lowest BCUT2D eigenvalue weighted by Gasteiger charge is -2.09. The van der Waals surface area contributed by atoms with Crippen LogP contribution in [0.1, 0.15) is 15.9 Å². The van der Waals surface area contributed by atoms with Gasteiger partial charge in [0.25, 0.3) is 0 Å². The van der Waals surface area contributed by atoms with Crippen molar-refractivity contribution in [3.8, 4) is 11.5 Å². The van der Waals surface area contributed by atoms with Gasteiger partial charge in [0, 0.05) is 3.57 Å². The van der Waals surface area contributed by atoms with E-state index in [1.807, 2.05) is 0 Å². The Morgan fingerprint density at radius 3 is 2.70 bits per heavy atom. The molecule has 23 heavy (non-hydrogen) atoms. The van der Waals surface area contributed by atoms with E-state index in [0.29, 0.717) is 11.5 Å². The Hall–Kier alpha value is -2.29. The Bertz CT molecular complexity index is 790. The maximum absolute atomic E-state index is 12.2. The minimum atomic E-state index is -1.08. The number of hydrogen-bond donors (Lipinski definition) is 2. The molecule has 2 N–H and O–H groups in total. The van der Waals surface area contributed by atoms with Crippen molar-refractivity contribution >= 4 is 40.2 Å². The van der Waals surface area contributed by atoms with E-state index in [-0.39, 0.29) is 30.4 Å². The Morgan fingerprint density at radius 2 is 1.91 bits per heavy atom. The third kappa shape index (κ3) is 3.55. The lowest BCUT2D eigenvalue weighted by atomic mass is 10.1. The van der Waals surface area contributed by atoms with E-state index >= 15 is 0 Å². The molecular weight excluding hydrogens is 413 g/mol. The minimum absolute atomic E-state index is 0.0597. The normalized spacial score (nSPS) is 12.0. The van der Waals surface area contributed by atoms with Crippen molar-refractivity contribution in [3.05, 3.63) is 51.1 Å². The quantitative estimate of drug-likeness (QED) is 0.737. The van der Waals surface area contributed by atoms with E-state index in [1.165, 1.54) is 6.07 Å². The van der Waals surface area contributed by atoms with Crippen molar-refractivity contribution in [1.82, 2.24) is 0 Å². The second-order valence-electron chi connectivity index (χ2n) is 4.91. The number of rotatable bonds is 4. The first-order valence-corrected chi connectivity index (χ1v) is 7.82. The van der Waals surface area contributed by atoms with Gasteiger partial charge in [0.1, 0.15) is 0 Å². The predicted octanol–water partition coefficient (Wildman–Crippen LogP) is 2.90. The van der Waals surface area contributed by atoms with Crippen LogP contribution in [-0.2, 0) is 11.2 Å². The number of hydrogen-bond acceptors (Lipinski definition) is 4. The highest BCUT2D eigenvalue weighted by Crippen LogP contribution is 2.32. The van der Waals surface area contributed by atoms with Gasteiger partial charge >= 0.3 is 5.97 Å². The van der Waals surface area contributed by atoms with Crippen molar-refractivity contribution in [2.45, 2.75) is 6.42 Å². The van der Waals surface area contributed by atoms with Gasteiger partial charge in [-0.1, -0.05) is 6.07 Å². The topological polar surface area (TPSA) is 84.9 Å². The van der Waals surface area contributed by atoms with E-state index in [9.17, 15) is 14.7 Å². The summed E-state index contributed by atoms with van der Waals surface area (Å²) in [6.45, 7) is 0.176. The number of amides is 1. The van der Waals surface area contributed by atoms with E-state index in [0.717, 1.165) is 9.13 Å². The Morgan fingerprint density at radius 1 is 1.13 bits per heavy atom. The molecule has 0 unspecified atom stereocenters. The van der Waals surface area contributed by atoms with E-state index in [1.54, 1.807) is 30.3 Å². The van der Waals surface area contributed by atoms with Crippen LogP contribution < -0.4 is 14.8 Å². The number of halogens is 1. The van der Waals surface area contributed by atoms with Gasteiger partial charge in [-0.25, -0.2) is 4.79 Å². The maximum atomic E-state index is 12.2. The number of nitrogens with one attached hydrogen (secondary N) is 1. The molecule has 0 saturated heterocycles. The first kappa shape index (κ1) is 15.6. The van der Waals surface area contributed by atoms with Crippen LogP contribution in [0.4, 0.5) is 5.69 Å². The van der Waals surface area contributed by atoms with Crippen LogP contribution in [0.25, 0.3) is 0 Å². The smallest absolute Gasteiger partial charge is 0.337 e. The van der Waals surface area contributed by atoms with Gasteiger partial charge in [0.2, 0.25) is 12.7 Å². The number of carboxylic acids is 1. The van der Waals surface area contributed by atoms with Crippen molar-refractivity contribution in [1.29, 1.82) is 0 Å². The maximum Gasteiger partial charge on any atom is 0.337 e. The molecular formula is C16H12INO5. The molecule has 2 aromatic carbocycles. The molecule has 0 saturated carbocycles. The zero-order valence-corrected chi connectivity index (χ0v) is 14.0. The number of ether oxygens (including phenoxy) is 2. The summed E-state index contributed by atoms with van der Waals surface area (Å²) in [5, 5.41) is 11.8. The Balaban J connectivity index is 1.75. The van der Waals surface area contributed by atoms with Crippen molar-refractivity contribution < 1.29 is 24.2 Å². The molecule has 6 nitrogen and oxygen atoms in total. The second kappa shape index (κ2) is 6.45. The molecule has 0 radical (unpaired) electrons. The lowest BCUT2D eigenvalue weighted by molar-refractivity contribution is -0.115. The molecule has 0 atom stereocenters. The molecule has 3 rings (SSSR count). The molecule has 0 aromatic heterocycles. The second-order valence-corrected chi connectivity index (χ2v) is 6.15. The van der Waals surface area contributed by atoms with Crippen LogP contribution >= 0.6 is 22.6 Å². The highest BCUT2D eigenvalue weighted by Gasteiger charge is 2.16. The number of anilines is 1. The number of carboxylic acid groups (broad SMARTS) is 1.